The smallest absolute Gasteiger partial charge is 0.213 e. The largest absolute Gasteiger partial charge is 0.378 e. The van der Waals surface area contributed by atoms with Crippen LogP contribution in [0.15, 0.2) is 61.2 Å². The highest BCUT2D eigenvalue weighted by molar-refractivity contribution is 7.89. The van der Waals surface area contributed by atoms with Gasteiger partial charge in [0.15, 0.2) is 0 Å². The number of aromatic nitrogens is 4. The van der Waals surface area contributed by atoms with E-state index < -0.39 is 33.3 Å². The second-order valence-corrected chi connectivity index (χ2v) is 19.5. The molecule has 0 saturated carbocycles. The Kier molecular flexibility index (Phi) is 14.5. The average molecular weight is 973 g/mol. The monoisotopic (exact) mass is 972 g/mol. The number of rotatable bonds is 10. The molecule has 0 aliphatic carbocycles. The van der Waals surface area contributed by atoms with Crippen molar-refractivity contribution in [3.8, 4) is 0 Å². The number of anilines is 8. The lowest BCUT2D eigenvalue weighted by atomic mass is 10.1. The number of morpholine rings is 2. The van der Waals surface area contributed by atoms with Crippen LogP contribution in [0.2, 0.25) is 0 Å². The van der Waals surface area contributed by atoms with Gasteiger partial charge in [0.1, 0.15) is 34.9 Å². The molecule has 0 radical (unpaired) electrons. The van der Waals surface area contributed by atoms with Crippen molar-refractivity contribution in [1.82, 2.24) is 29.6 Å². The van der Waals surface area contributed by atoms with Gasteiger partial charge in [0.05, 0.1) is 113 Å². The van der Waals surface area contributed by atoms with Crippen molar-refractivity contribution in [1.29, 1.82) is 0 Å². The molecule has 0 spiro atoms. The van der Waals surface area contributed by atoms with Crippen LogP contribution < -0.4 is 35.6 Å². The fraction of sp³-hybridized carbons (Fsp3) is 0.417. The Labute approximate surface area is 398 Å². The minimum Gasteiger partial charge on any atom is -0.378 e. The maximum absolute atomic E-state index is 15.1. The van der Waals surface area contributed by atoms with Crippen LogP contribution in [-0.4, -0.2) is 143 Å². The molecule has 4 fully saturated rings. The van der Waals surface area contributed by atoms with Gasteiger partial charge >= 0.3 is 0 Å². The van der Waals surface area contributed by atoms with Gasteiger partial charge in [-0.2, -0.15) is 4.31 Å². The Morgan fingerprint density at radius 3 is 1.45 bits per heavy atom. The Morgan fingerprint density at radius 1 is 0.580 bits per heavy atom. The molecule has 6 aromatic rings. The van der Waals surface area contributed by atoms with Crippen molar-refractivity contribution >= 4 is 77.6 Å². The SMILES string of the molecule is CCS(=O)(=O)N1CCN(c2nc3cc(F)cc(F)c3c(Nc3cncc(N4CCOCC4)c3)c2C)CC1.Cc1c(N2CCNCC2)nc2cc(F)cc(F)c2c1Nc1cncc(N2CCOCC2)c1. The minimum absolute atomic E-state index is 0.0461. The van der Waals surface area contributed by atoms with Crippen molar-refractivity contribution in [2.24, 2.45) is 0 Å². The third-order valence-electron chi connectivity index (χ3n) is 12.9. The second-order valence-electron chi connectivity index (χ2n) is 17.3. The topological polar surface area (TPSA) is 156 Å². The van der Waals surface area contributed by atoms with Gasteiger partial charge in [-0.25, -0.2) is 35.9 Å². The summed E-state index contributed by atoms with van der Waals surface area (Å²) >= 11 is 0. The molecule has 4 aliphatic heterocycles. The number of piperazine rings is 2. The van der Waals surface area contributed by atoms with Gasteiger partial charge in [0.2, 0.25) is 10.0 Å². The van der Waals surface area contributed by atoms with Crippen LogP contribution in [0.3, 0.4) is 0 Å². The molecule has 0 bridgehead atoms. The zero-order valence-electron chi connectivity index (χ0n) is 38.9. The van der Waals surface area contributed by atoms with E-state index in [2.05, 4.69) is 50.6 Å². The van der Waals surface area contributed by atoms with Crippen LogP contribution in [-0.2, 0) is 19.5 Å². The molecular formula is C48H56F4N12O4S. The van der Waals surface area contributed by atoms with Gasteiger partial charge in [0.25, 0.3) is 0 Å². The standard InChI is InChI=1S/C25H30F2N6O3S.C23H26F2N6O/c1-3-37(34,35)33-6-4-32(5-7-33)25-17(2)24(23-21(27)12-18(26)13-22(23)30-25)29-19-14-20(16-28-15-19)31-8-10-36-11-9-31;1-15-22(28-17-12-18(14-27-13-17)30-6-8-32-9-7-30)21-19(25)10-16(24)11-20(21)29-23(15)31-4-2-26-3-5-31/h12-16H,3-11H2,1-2H3,(H,29,30);10-14,26H,2-9H2,1H3,(H,28,29). The summed E-state index contributed by atoms with van der Waals surface area (Å²) in [5.41, 5.74) is 6.33. The van der Waals surface area contributed by atoms with Crippen LogP contribution in [0, 0.1) is 37.1 Å². The fourth-order valence-corrected chi connectivity index (χ4v) is 10.3. The first-order valence-electron chi connectivity index (χ1n) is 23.2. The first-order chi connectivity index (χ1) is 33.4. The van der Waals surface area contributed by atoms with E-state index in [0.717, 1.165) is 92.9 Å². The van der Waals surface area contributed by atoms with Crippen LogP contribution in [0.5, 0.6) is 0 Å². The van der Waals surface area contributed by atoms with E-state index in [1.54, 1.807) is 25.5 Å². The molecule has 2 aromatic carbocycles. The molecule has 4 aliphatic rings. The number of fused-ring (bicyclic) bond motifs is 2. The Balaban J connectivity index is 0.000000174. The molecule has 16 nitrogen and oxygen atoms in total. The summed E-state index contributed by atoms with van der Waals surface area (Å²) in [5, 5.41) is 10.5. The highest BCUT2D eigenvalue weighted by atomic mass is 32.2. The number of benzene rings is 2. The number of sulfonamides is 1. The van der Waals surface area contributed by atoms with Gasteiger partial charge in [-0.1, -0.05) is 0 Å². The normalized spacial score (nSPS) is 17.3. The Morgan fingerprint density at radius 2 is 1.01 bits per heavy atom. The van der Waals surface area contributed by atoms with E-state index in [1.165, 1.54) is 16.4 Å². The van der Waals surface area contributed by atoms with Gasteiger partial charge in [-0.05, 0) is 32.9 Å². The number of hydrogen-bond donors (Lipinski definition) is 3. The van der Waals surface area contributed by atoms with E-state index in [1.807, 2.05) is 37.1 Å². The maximum Gasteiger partial charge on any atom is 0.213 e. The van der Waals surface area contributed by atoms with Crippen molar-refractivity contribution in [2.75, 3.05) is 141 Å². The van der Waals surface area contributed by atoms with Gasteiger partial charge in [-0.3, -0.25) is 9.97 Å². The summed E-state index contributed by atoms with van der Waals surface area (Å²) in [6.45, 7) is 15.8. The third-order valence-corrected chi connectivity index (χ3v) is 14.8. The first kappa shape index (κ1) is 47.9. The summed E-state index contributed by atoms with van der Waals surface area (Å²) < 4.78 is 95.2. The number of nitrogens with one attached hydrogen (secondary N) is 3. The van der Waals surface area contributed by atoms with Crippen LogP contribution in [0.25, 0.3) is 21.8 Å². The number of halogens is 4. The van der Waals surface area contributed by atoms with Crippen LogP contribution in [0.4, 0.5) is 63.3 Å². The molecule has 10 rings (SSSR count). The minimum atomic E-state index is -3.29. The highest BCUT2D eigenvalue weighted by Gasteiger charge is 2.29. The number of pyridine rings is 4. The summed E-state index contributed by atoms with van der Waals surface area (Å²) in [4.78, 5) is 26.5. The number of nitrogens with zero attached hydrogens (tertiary/aromatic N) is 9. The second kappa shape index (κ2) is 20.8. The van der Waals surface area contributed by atoms with E-state index in [9.17, 15) is 21.6 Å². The fourth-order valence-electron chi connectivity index (χ4n) is 9.22. The van der Waals surface area contributed by atoms with E-state index in [-0.39, 0.29) is 22.0 Å². The lowest BCUT2D eigenvalue weighted by molar-refractivity contribution is 0.122. The average Bonchev–Trinajstić information content (AvgIpc) is 3.36. The van der Waals surface area contributed by atoms with Crippen molar-refractivity contribution in [3.63, 3.8) is 0 Å². The summed E-state index contributed by atoms with van der Waals surface area (Å²) in [5.74, 6) is -1.36. The summed E-state index contributed by atoms with van der Waals surface area (Å²) in [7, 11) is -3.29. The van der Waals surface area contributed by atoms with E-state index >= 15 is 4.39 Å². The van der Waals surface area contributed by atoms with Crippen molar-refractivity contribution in [2.45, 2.75) is 20.8 Å². The molecule has 4 saturated heterocycles. The lowest BCUT2D eigenvalue weighted by Crippen LogP contribution is -2.49. The molecule has 69 heavy (non-hydrogen) atoms. The summed E-state index contributed by atoms with van der Waals surface area (Å²) in [6.07, 6.45) is 6.96. The number of hydrogen-bond acceptors (Lipinski definition) is 15. The van der Waals surface area contributed by atoms with Crippen molar-refractivity contribution in [3.05, 3.63) is 95.6 Å². The Bertz CT molecular complexity index is 2930. The van der Waals surface area contributed by atoms with Crippen molar-refractivity contribution < 1.29 is 35.5 Å². The van der Waals surface area contributed by atoms with Crippen LogP contribution >= 0.6 is 0 Å². The molecule has 21 heteroatoms. The highest BCUT2D eigenvalue weighted by Crippen LogP contribution is 2.39. The molecule has 0 amide bonds. The lowest BCUT2D eigenvalue weighted by Gasteiger charge is -2.35. The van der Waals surface area contributed by atoms with E-state index in [4.69, 9.17) is 9.47 Å². The zero-order valence-corrected chi connectivity index (χ0v) is 39.7. The third kappa shape index (κ3) is 10.6. The molecule has 3 N–H and O–H groups in total. The maximum atomic E-state index is 15.1. The zero-order chi connectivity index (χ0) is 48.2. The first-order valence-corrected chi connectivity index (χ1v) is 24.8. The van der Waals surface area contributed by atoms with E-state index in [0.29, 0.717) is 86.6 Å². The van der Waals surface area contributed by atoms with Gasteiger partial charge < -0.3 is 45.0 Å². The molecule has 4 aromatic heterocycles. The molecule has 0 unspecified atom stereocenters. The molecular weight excluding hydrogens is 917 g/mol. The predicted molar refractivity (Wildman–Crippen MR) is 262 cm³/mol. The quantitative estimate of drug-likeness (QED) is 0.128. The van der Waals surface area contributed by atoms with Gasteiger partial charge in [0, 0.05) is 114 Å². The molecule has 0 atom stereocenters. The van der Waals surface area contributed by atoms with Gasteiger partial charge in [-0.15, -0.1) is 0 Å². The Hall–Kier alpha value is -6.13. The summed E-state index contributed by atoms with van der Waals surface area (Å²) in [6, 6.07) is 8.20. The van der Waals surface area contributed by atoms with Crippen LogP contribution in [0.1, 0.15) is 18.1 Å². The molecule has 366 valence electrons. The molecule has 8 heterocycles. The number of ether oxygens (including phenoxy) is 2. The predicted octanol–water partition coefficient (Wildman–Crippen LogP) is 6.47.